The van der Waals surface area contributed by atoms with Gasteiger partial charge in [-0.1, -0.05) is 0 Å². The summed E-state index contributed by atoms with van der Waals surface area (Å²) >= 11 is 0. The number of nitrogens with zero attached hydrogens (tertiary/aromatic N) is 1. The fourth-order valence-corrected chi connectivity index (χ4v) is 2.48. The Morgan fingerprint density at radius 1 is 1.33 bits per heavy atom. The van der Waals surface area contributed by atoms with Crippen LogP contribution in [-0.4, -0.2) is 16.1 Å². The van der Waals surface area contributed by atoms with Crippen molar-refractivity contribution in [1.82, 2.24) is 4.98 Å². The number of fused-ring (bicyclic) bond motifs is 1. The third-order valence-corrected chi connectivity index (χ3v) is 3.40. The van der Waals surface area contributed by atoms with Crippen LogP contribution in [0.25, 0.3) is 22.4 Å². The highest BCUT2D eigenvalue weighted by atomic mass is 19.1. The van der Waals surface area contributed by atoms with Gasteiger partial charge in [-0.3, -0.25) is 0 Å². The highest BCUT2D eigenvalue weighted by Crippen LogP contribution is 2.31. The van der Waals surface area contributed by atoms with Gasteiger partial charge in [0.2, 0.25) is 0 Å². The molecule has 0 fully saturated rings. The molecular formula is C16H12FNO3. The minimum Gasteiger partial charge on any atom is -0.478 e. The van der Waals surface area contributed by atoms with Crippen molar-refractivity contribution >= 4 is 16.9 Å². The number of hydrogen-bond acceptors (Lipinski definition) is 3. The zero-order valence-corrected chi connectivity index (χ0v) is 11.5. The van der Waals surface area contributed by atoms with E-state index in [0.717, 1.165) is 0 Å². The number of rotatable bonds is 2. The van der Waals surface area contributed by atoms with E-state index in [-0.39, 0.29) is 11.1 Å². The lowest BCUT2D eigenvalue weighted by molar-refractivity contribution is 0.0698. The molecular weight excluding hydrogens is 273 g/mol. The van der Waals surface area contributed by atoms with Crippen LogP contribution in [0.1, 0.15) is 21.5 Å². The molecule has 0 aliphatic rings. The van der Waals surface area contributed by atoms with Crippen LogP contribution in [0.3, 0.4) is 0 Å². The molecule has 3 aromatic rings. The van der Waals surface area contributed by atoms with Gasteiger partial charge in [-0.05, 0) is 49.2 Å². The van der Waals surface area contributed by atoms with E-state index >= 15 is 0 Å². The second kappa shape index (κ2) is 4.70. The molecule has 2 aromatic heterocycles. The molecule has 2 heterocycles. The van der Waals surface area contributed by atoms with Gasteiger partial charge in [0, 0.05) is 5.39 Å². The fourth-order valence-electron chi connectivity index (χ4n) is 2.48. The van der Waals surface area contributed by atoms with E-state index in [0.29, 0.717) is 28.0 Å². The van der Waals surface area contributed by atoms with Gasteiger partial charge < -0.3 is 9.52 Å². The van der Waals surface area contributed by atoms with E-state index in [1.54, 1.807) is 32.0 Å². The third kappa shape index (κ3) is 2.07. The predicted octanol–water partition coefficient (Wildman–Crippen LogP) is 3.95. The number of aryl methyl sites for hydroxylation is 1. The van der Waals surface area contributed by atoms with Gasteiger partial charge >= 0.3 is 5.97 Å². The predicted molar refractivity (Wildman–Crippen MR) is 75.8 cm³/mol. The molecule has 4 nitrogen and oxygen atoms in total. The molecule has 0 bridgehead atoms. The Hall–Kier alpha value is -2.69. The van der Waals surface area contributed by atoms with Crippen LogP contribution >= 0.6 is 0 Å². The average molecular weight is 285 g/mol. The van der Waals surface area contributed by atoms with Crippen LogP contribution in [0.2, 0.25) is 0 Å². The second-order valence-corrected chi connectivity index (χ2v) is 4.89. The molecule has 0 atom stereocenters. The topological polar surface area (TPSA) is 63.3 Å². The molecule has 106 valence electrons. The Morgan fingerprint density at radius 3 is 2.71 bits per heavy atom. The van der Waals surface area contributed by atoms with Gasteiger partial charge in [0.25, 0.3) is 0 Å². The van der Waals surface area contributed by atoms with E-state index in [4.69, 9.17) is 4.42 Å². The molecule has 1 aromatic carbocycles. The average Bonchev–Trinajstić information content (AvgIpc) is 2.91. The number of carbonyl (C=O) groups is 1. The SMILES string of the molecule is Cc1cc(F)c2nc(-c3ccco3)c(C)c(C(=O)O)c2c1. The lowest BCUT2D eigenvalue weighted by atomic mass is 9.99. The van der Waals surface area contributed by atoms with E-state index in [2.05, 4.69) is 4.98 Å². The van der Waals surface area contributed by atoms with Gasteiger partial charge in [0.15, 0.2) is 5.76 Å². The number of hydrogen-bond donors (Lipinski definition) is 1. The summed E-state index contributed by atoms with van der Waals surface area (Å²) in [5.41, 5.74) is 1.53. The number of carboxylic acids is 1. The molecule has 0 saturated heterocycles. The Bertz CT molecular complexity index is 854. The van der Waals surface area contributed by atoms with Gasteiger partial charge in [-0.25, -0.2) is 14.2 Å². The van der Waals surface area contributed by atoms with Crippen molar-refractivity contribution in [2.75, 3.05) is 0 Å². The van der Waals surface area contributed by atoms with Gasteiger partial charge in [0.05, 0.1) is 11.8 Å². The van der Waals surface area contributed by atoms with Crippen molar-refractivity contribution < 1.29 is 18.7 Å². The van der Waals surface area contributed by atoms with Gasteiger partial charge in [-0.15, -0.1) is 0 Å². The minimum atomic E-state index is -1.11. The normalized spacial score (nSPS) is 11.0. The van der Waals surface area contributed by atoms with Crippen molar-refractivity contribution in [2.45, 2.75) is 13.8 Å². The summed E-state index contributed by atoms with van der Waals surface area (Å²) in [6.07, 6.45) is 1.46. The van der Waals surface area contributed by atoms with Crippen LogP contribution in [0.15, 0.2) is 34.9 Å². The molecule has 0 radical (unpaired) electrons. The van der Waals surface area contributed by atoms with Crippen molar-refractivity contribution in [3.8, 4) is 11.5 Å². The van der Waals surface area contributed by atoms with Crippen molar-refractivity contribution in [2.24, 2.45) is 0 Å². The van der Waals surface area contributed by atoms with Gasteiger partial charge in [-0.2, -0.15) is 0 Å². The number of aromatic carboxylic acids is 1. The molecule has 0 aliphatic heterocycles. The first-order chi connectivity index (χ1) is 9.99. The Kier molecular flexibility index (Phi) is 2.97. The van der Waals surface area contributed by atoms with Crippen LogP contribution in [0, 0.1) is 19.7 Å². The quantitative estimate of drug-likeness (QED) is 0.774. The smallest absolute Gasteiger partial charge is 0.336 e. The highest BCUT2D eigenvalue weighted by molar-refractivity contribution is 6.05. The zero-order valence-electron chi connectivity index (χ0n) is 11.5. The minimum absolute atomic E-state index is 0.0370. The fraction of sp³-hybridized carbons (Fsp3) is 0.125. The number of pyridine rings is 1. The maximum Gasteiger partial charge on any atom is 0.336 e. The van der Waals surface area contributed by atoms with Crippen LogP contribution in [-0.2, 0) is 0 Å². The molecule has 5 heteroatoms. The highest BCUT2D eigenvalue weighted by Gasteiger charge is 2.21. The first-order valence-corrected chi connectivity index (χ1v) is 6.36. The van der Waals surface area contributed by atoms with Crippen LogP contribution in [0.4, 0.5) is 4.39 Å². The molecule has 0 saturated carbocycles. The molecule has 21 heavy (non-hydrogen) atoms. The first-order valence-electron chi connectivity index (χ1n) is 6.36. The second-order valence-electron chi connectivity index (χ2n) is 4.89. The van der Waals surface area contributed by atoms with Crippen LogP contribution < -0.4 is 0 Å². The van der Waals surface area contributed by atoms with E-state index < -0.39 is 11.8 Å². The molecule has 0 amide bonds. The Labute approximate surface area is 119 Å². The molecule has 0 aliphatic carbocycles. The van der Waals surface area contributed by atoms with Crippen molar-refractivity contribution in [1.29, 1.82) is 0 Å². The Morgan fingerprint density at radius 2 is 2.10 bits per heavy atom. The largest absolute Gasteiger partial charge is 0.478 e. The Balaban J connectivity index is 2.48. The number of benzene rings is 1. The molecule has 0 unspecified atom stereocenters. The number of carboxylic acid groups (broad SMARTS) is 1. The maximum absolute atomic E-state index is 14.2. The molecule has 0 spiro atoms. The number of furan rings is 1. The summed E-state index contributed by atoms with van der Waals surface area (Å²) in [5.74, 6) is -1.24. The molecule has 1 N–H and O–H groups in total. The van der Waals surface area contributed by atoms with Crippen molar-refractivity contribution in [3.63, 3.8) is 0 Å². The van der Waals surface area contributed by atoms with E-state index in [1.807, 2.05) is 0 Å². The van der Waals surface area contributed by atoms with Gasteiger partial charge in [0.1, 0.15) is 17.0 Å². The summed E-state index contributed by atoms with van der Waals surface area (Å²) in [5, 5.41) is 9.79. The maximum atomic E-state index is 14.2. The summed E-state index contributed by atoms with van der Waals surface area (Å²) in [4.78, 5) is 15.9. The number of aromatic nitrogens is 1. The zero-order chi connectivity index (χ0) is 15.1. The lowest BCUT2D eigenvalue weighted by Crippen LogP contribution is -2.06. The standard InChI is InChI=1S/C16H12FNO3/c1-8-6-10-13(16(19)20)9(2)14(12-4-3-5-21-12)18-15(10)11(17)7-8/h3-7H,1-2H3,(H,19,20). The summed E-state index contributed by atoms with van der Waals surface area (Å²) in [6.45, 7) is 3.36. The molecule has 3 rings (SSSR count). The van der Waals surface area contributed by atoms with E-state index in [1.165, 1.54) is 12.3 Å². The summed E-state index contributed by atoms with van der Waals surface area (Å²) < 4.78 is 19.4. The summed E-state index contributed by atoms with van der Waals surface area (Å²) in [7, 11) is 0. The summed E-state index contributed by atoms with van der Waals surface area (Å²) in [6, 6.07) is 6.31. The van der Waals surface area contributed by atoms with Crippen LogP contribution in [0.5, 0.6) is 0 Å². The van der Waals surface area contributed by atoms with Crippen molar-refractivity contribution in [3.05, 3.63) is 53.0 Å². The van der Waals surface area contributed by atoms with E-state index in [9.17, 15) is 14.3 Å². The monoisotopic (exact) mass is 285 g/mol. The third-order valence-electron chi connectivity index (χ3n) is 3.40. The first kappa shape index (κ1) is 13.3. The number of halogens is 1. The lowest BCUT2D eigenvalue weighted by Gasteiger charge is -2.11.